The number of benzene rings is 1. The Hall–Kier alpha value is -2.35. The van der Waals surface area contributed by atoms with Crippen LogP contribution in [0.3, 0.4) is 0 Å². The van der Waals surface area contributed by atoms with Crippen molar-refractivity contribution in [2.24, 2.45) is 23.7 Å². The number of esters is 1. The largest absolute Gasteiger partial charge is 0.490 e. The molecule has 228 valence electrons. The van der Waals surface area contributed by atoms with E-state index in [9.17, 15) is 18.7 Å². The highest BCUT2D eigenvalue weighted by molar-refractivity contribution is 5.73. The first-order valence-corrected chi connectivity index (χ1v) is 15.4. The lowest BCUT2D eigenvalue weighted by atomic mass is 9.70. The minimum absolute atomic E-state index is 0.0377. The fourth-order valence-corrected chi connectivity index (χ4v) is 7.03. The number of allylic oxidation sites excluding steroid dienone is 1. The average molecular weight is 581 g/mol. The van der Waals surface area contributed by atoms with E-state index in [1.165, 1.54) is 12.1 Å². The molecule has 3 aliphatic rings. The Bertz CT molecular complexity index is 1070. The molecule has 1 aromatic rings. The number of aliphatic hydroxyl groups excluding tert-OH is 1. The summed E-state index contributed by atoms with van der Waals surface area (Å²) in [6.07, 6.45) is 7.87. The van der Waals surface area contributed by atoms with Crippen LogP contribution in [0.25, 0.3) is 0 Å². The zero-order valence-electron chi connectivity index (χ0n) is 24.1. The van der Waals surface area contributed by atoms with Gasteiger partial charge in [-0.3, -0.25) is 4.79 Å². The fraction of sp³-hybridized carbons (Fsp3) is 0.667. The van der Waals surface area contributed by atoms with Crippen LogP contribution in [-0.2, 0) is 9.53 Å². The van der Waals surface area contributed by atoms with E-state index in [0.29, 0.717) is 38.5 Å². The van der Waals surface area contributed by atoms with Crippen molar-refractivity contribution in [1.29, 1.82) is 0 Å². The van der Waals surface area contributed by atoms with Gasteiger partial charge in [-0.25, -0.2) is 13.2 Å². The summed E-state index contributed by atoms with van der Waals surface area (Å²) in [6.45, 7) is 5.82. The van der Waals surface area contributed by atoms with Gasteiger partial charge in [0.15, 0.2) is 23.5 Å². The number of halogens is 4. The van der Waals surface area contributed by atoms with E-state index in [4.69, 9.17) is 9.47 Å². The Morgan fingerprint density at radius 1 is 0.976 bits per heavy atom. The van der Waals surface area contributed by atoms with Crippen LogP contribution in [-0.4, -0.2) is 29.9 Å². The second-order valence-electron chi connectivity index (χ2n) is 12.1. The normalized spacial score (nSPS) is 29.6. The maximum atomic E-state index is 15.2. The number of ether oxygens (including phenoxy) is 2. The molecule has 3 unspecified atom stereocenters. The number of hydrogen-bond donors (Lipinski definition) is 1. The van der Waals surface area contributed by atoms with Gasteiger partial charge in [-0.15, -0.1) is 6.58 Å². The van der Waals surface area contributed by atoms with Crippen molar-refractivity contribution in [3.05, 3.63) is 53.6 Å². The second kappa shape index (κ2) is 14.7. The Kier molecular flexibility index (Phi) is 11.3. The van der Waals surface area contributed by atoms with Gasteiger partial charge < -0.3 is 14.6 Å². The quantitative estimate of drug-likeness (QED) is 0.123. The van der Waals surface area contributed by atoms with E-state index in [2.05, 4.69) is 6.58 Å². The van der Waals surface area contributed by atoms with Crippen molar-refractivity contribution in [1.82, 2.24) is 0 Å². The molecule has 2 fully saturated rings. The number of aliphatic hydroxyl groups is 1. The van der Waals surface area contributed by atoms with Crippen molar-refractivity contribution < 1.29 is 36.9 Å². The minimum atomic E-state index is -1.21. The number of hydrogen-bond acceptors (Lipinski definition) is 4. The summed E-state index contributed by atoms with van der Waals surface area (Å²) in [7, 11) is 0. The van der Waals surface area contributed by atoms with Crippen LogP contribution in [0.1, 0.15) is 102 Å². The molecule has 3 atom stereocenters. The predicted octanol–water partition coefficient (Wildman–Crippen LogP) is 8.63. The molecular formula is C33H44F4O4. The maximum Gasteiger partial charge on any atom is 0.309 e. The molecule has 0 spiro atoms. The first-order valence-electron chi connectivity index (χ1n) is 15.4. The summed E-state index contributed by atoms with van der Waals surface area (Å²) in [6, 6.07) is 2.96. The molecule has 4 nitrogen and oxygen atoms in total. The smallest absolute Gasteiger partial charge is 0.309 e. The average Bonchev–Trinajstić information content (AvgIpc) is 2.98. The van der Waals surface area contributed by atoms with Gasteiger partial charge in [-0.05, 0) is 106 Å². The van der Waals surface area contributed by atoms with Crippen LogP contribution in [0.5, 0.6) is 5.75 Å². The fourth-order valence-electron chi connectivity index (χ4n) is 7.03. The molecule has 0 heterocycles. The van der Waals surface area contributed by atoms with Gasteiger partial charge in [0.1, 0.15) is 5.83 Å². The van der Waals surface area contributed by atoms with Crippen LogP contribution in [0.2, 0.25) is 0 Å². The summed E-state index contributed by atoms with van der Waals surface area (Å²) in [4.78, 5) is 12.9. The Balaban J connectivity index is 1.28. The molecule has 8 heteroatoms. The van der Waals surface area contributed by atoms with E-state index >= 15 is 8.78 Å². The first kappa shape index (κ1) is 31.6. The van der Waals surface area contributed by atoms with E-state index in [1.54, 1.807) is 6.08 Å². The van der Waals surface area contributed by atoms with Crippen molar-refractivity contribution in [3.8, 4) is 5.75 Å². The third-order valence-corrected chi connectivity index (χ3v) is 9.51. The number of carbonyl (C=O) groups excluding carboxylic acids is 1. The molecule has 0 saturated heterocycles. The van der Waals surface area contributed by atoms with Crippen molar-refractivity contribution in [3.63, 3.8) is 0 Å². The monoisotopic (exact) mass is 580 g/mol. The lowest BCUT2D eigenvalue weighted by Crippen LogP contribution is -2.34. The molecule has 3 aliphatic carbocycles. The van der Waals surface area contributed by atoms with Gasteiger partial charge in [0.05, 0.1) is 18.6 Å². The summed E-state index contributed by atoms with van der Waals surface area (Å²) in [5.74, 6) is -5.38. The predicted molar refractivity (Wildman–Crippen MR) is 150 cm³/mol. The van der Waals surface area contributed by atoms with E-state index in [1.807, 2.05) is 6.92 Å². The van der Waals surface area contributed by atoms with Crippen molar-refractivity contribution in [2.75, 3.05) is 6.61 Å². The number of rotatable bonds is 11. The van der Waals surface area contributed by atoms with Crippen LogP contribution in [0.15, 0.2) is 36.4 Å². The van der Waals surface area contributed by atoms with Crippen LogP contribution >= 0.6 is 0 Å². The molecule has 0 amide bonds. The number of carbonyl (C=O) groups is 1. The Morgan fingerprint density at radius 3 is 2.34 bits per heavy atom. The van der Waals surface area contributed by atoms with E-state index < -0.39 is 47.2 Å². The van der Waals surface area contributed by atoms with Gasteiger partial charge >= 0.3 is 5.97 Å². The summed E-state index contributed by atoms with van der Waals surface area (Å²) in [5, 5.41) is 10.3. The third-order valence-electron chi connectivity index (χ3n) is 9.51. The van der Waals surface area contributed by atoms with Gasteiger partial charge in [-0.1, -0.05) is 25.5 Å². The molecule has 4 rings (SSSR count). The molecule has 0 bridgehead atoms. The molecule has 41 heavy (non-hydrogen) atoms. The zero-order chi connectivity index (χ0) is 29.5. The van der Waals surface area contributed by atoms with E-state index in [0.717, 1.165) is 38.5 Å². The lowest BCUT2D eigenvalue weighted by molar-refractivity contribution is -0.155. The zero-order valence-corrected chi connectivity index (χ0v) is 24.1. The minimum Gasteiger partial charge on any atom is -0.490 e. The van der Waals surface area contributed by atoms with Gasteiger partial charge in [0, 0.05) is 5.92 Å². The van der Waals surface area contributed by atoms with Crippen molar-refractivity contribution >= 4 is 5.97 Å². The highest BCUT2D eigenvalue weighted by Crippen LogP contribution is 2.45. The molecule has 0 radical (unpaired) electrons. The van der Waals surface area contributed by atoms with Gasteiger partial charge in [-0.2, -0.15) is 4.39 Å². The SMILES string of the molecule is C=CCCOc1ccc(C2CCC(C(=O)OC3CCC(C4CCC(C(O)CCC)CC4)C(F)=C3F)CC2)c(F)c1F. The van der Waals surface area contributed by atoms with Crippen molar-refractivity contribution in [2.45, 2.75) is 109 Å². The van der Waals surface area contributed by atoms with E-state index in [-0.39, 0.29) is 48.2 Å². The van der Waals surface area contributed by atoms with Gasteiger partial charge in [0.25, 0.3) is 0 Å². The molecule has 1 N–H and O–H groups in total. The highest BCUT2D eigenvalue weighted by atomic mass is 19.2. The maximum absolute atomic E-state index is 15.2. The second-order valence-corrected chi connectivity index (χ2v) is 12.1. The van der Waals surface area contributed by atoms with Crippen LogP contribution in [0, 0.1) is 35.3 Å². The first-order chi connectivity index (χ1) is 19.7. The van der Waals surface area contributed by atoms with Crippen LogP contribution < -0.4 is 4.74 Å². The molecule has 2 saturated carbocycles. The molecular weight excluding hydrogens is 536 g/mol. The molecule has 0 aliphatic heterocycles. The lowest BCUT2D eigenvalue weighted by Gasteiger charge is -2.37. The molecule has 0 aromatic heterocycles. The van der Waals surface area contributed by atoms with Gasteiger partial charge in [0.2, 0.25) is 5.82 Å². The third kappa shape index (κ3) is 7.54. The summed E-state index contributed by atoms with van der Waals surface area (Å²) >= 11 is 0. The summed E-state index contributed by atoms with van der Waals surface area (Å²) in [5.41, 5.74) is 0.258. The standard InChI is InChI=1S/C33H44F4O4/c1-3-5-19-40-27-17-15-24(29(34)31(27)36)21-9-13-23(14-10-21)33(39)41-28-18-16-25(30(35)32(28)37)20-7-11-22(12-8-20)26(38)6-4-2/h3,15,17,20-23,25-26,28,38H,1,4-14,16,18-19H2,2H3. The topological polar surface area (TPSA) is 55.8 Å². The van der Waals surface area contributed by atoms with Crippen LogP contribution in [0.4, 0.5) is 17.6 Å². The Morgan fingerprint density at radius 2 is 1.68 bits per heavy atom. The summed E-state index contributed by atoms with van der Waals surface area (Å²) < 4.78 is 70.3. The molecule has 1 aromatic carbocycles. The highest BCUT2D eigenvalue weighted by Gasteiger charge is 2.40. The Labute approximate surface area is 241 Å².